The van der Waals surface area contributed by atoms with Crippen LogP contribution in [0.4, 0.5) is 4.39 Å². The first kappa shape index (κ1) is 17.6. The number of para-hydroxylation sites is 1. The molecular formula is C22H19FN4O2. The van der Waals surface area contributed by atoms with Gasteiger partial charge in [0.25, 0.3) is 5.91 Å². The van der Waals surface area contributed by atoms with Gasteiger partial charge in [0.2, 0.25) is 5.91 Å². The Morgan fingerprint density at radius 1 is 1.14 bits per heavy atom. The number of hydrazone groups is 1. The largest absolute Gasteiger partial charge is 0.356 e. The van der Waals surface area contributed by atoms with E-state index in [1.54, 1.807) is 24.0 Å². The molecular weight excluding hydrogens is 371 g/mol. The number of aromatic nitrogens is 1. The van der Waals surface area contributed by atoms with Crippen LogP contribution in [0.2, 0.25) is 0 Å². The van der Waals surface area contributed by atoms with Crippen LogP contribution in [0.15, 0.2) is 53.6 Å². The second-order valence-corrected chi connectivity index (χ2v) is 7.55. The molecule has 0 radical (unpaired) electrons. The summed E-state index contributed by atoms with van der Waals surface area (Å²) in [4.78, 5) is 31.4. The van der Waals surface area contributed by atoms with E-state index in [0.717, 1.165) is 22.2 Å². The molecule has 7 heteroatoms. The normalized spacial score (nSPS) is 21.7. The van der Waals surface area contributed by atoms with Crippen LogP contribution < -0.4 is 0 Å². The first-order chi connectivity index (χ1) is 14.0. The van der Waals surface area contributed by atoms with E-state index in [4.69, 9.17) is 0 Å². The summed E-state index contributed by atoms with van der Waals surface area (Å²) in [5.74, 6) is -0.751. The van der Waals surface area contributed by atoms with E-state index >= 15 is 0 Å². The van der Waals surface area contributed by atoms with Crippen molar-refractivity contribution in [3.63, 3.8) is 0 Å². The minimum atomic E-state index is -1.14. The zero-order chi connectivity index (χ0) is 20.2. The lowest BCUT2D eigenvalue weighted by molar-refractivity contribution is -0.165. The number of rotatable bonds is 2. The van der Waals surface area contributed by atoms with E-state index in [9.17, 15) is 14.0 Å². The van der Waals surface area contributed by atoms with E-state index in [1.165, 1.54) is 23.4 Å². The molecule has 29 heavy (non-hydrogen) atoms. The molecule has 1 fully saturated rings. The van der Waals surface area contributed by atoms with E-state index in [-0.39, 0.29) is 24.2 Å². The Kier molecular flexibility index (Phi) is 3.81. The Balaban J connectivity index is 1.56. The maximum Gasteiger partial charge on any atom is 0.275 e. The maximum atomic E-state index is 13.5. The van der Waals surface area contributed by atoms with E-state index in [2.05, 4.69) is 10.1 Å². The molecule has 0 bridgehead atoms. The smallest absolute Gasteiger partial charge is 0.275 e. The molecule has 1 saturated heterocycles. The standard InChI is InChI=1S/C22H19FN4O2/c1-22-20-17(16-4-2-3-5-18(16)25-20)10-11-26(22)19(28)13-27(21(22)29)24-12-14-6-8-15(23)9-7-14/h2-9,12,25H,10-11,13H2,1H3/b24-12-/t22-/m1/s1. The number of benzene rings is 2. The van der Waals surface area contributed by atoms with Gasteiger partial charge in [-0.25, -0.2) is 9.40 Å². The SMILES string of the molecule is C[C@@]12C(=O)N(/N=C\c3ccc(F)cc3)CC(=O)N1CCc1c2[nH]c2ccccc12. The van der Waals surface area contributed by atoms with Crippen LogP contribution in [0.5, 0.6) is 0 Å². The molecule has 1 atom stereocenters. The van der Waals surface area contributed by atoms with Crippen molar-refractivity contribution in [3.8, 4) is 0 Å². The molecule has 0 aliphatic carbocycles. The third-order valence-corrected chi connectivity index (χ3v) is 5.88. The number of halogens is 1. The zero-order valence-corrected chi connectivity index (χ0v) is 15.9. The number of carbonyl (C=O) groups is 2. The van der Waals surface area contributed by atoms with Gasteiger partial charge in [0.1, 0.15) is 12.4 Å². The van der Waals surface area contributed by atoms with E-state index < -0.39 is 5.54 Å². The number of nitrogens with zero attached hydrogens (tertiary/aromatic N) is 3. The summed E-state index contributed by atoms with van der Waals surface area (Å²) in [6, 6.07) is 13.7. The molecule has 0 unspecified atom stereocenters. The highest BCUT2D eigenvalue weighted by molar-refractivity contribution is 6.01. The predicted molar refractivity (Wildman–Crippen MR) is 107 cm³/mol. The molecule has 2 aromatic carbocycles. The Morgan fingerprint density at radius 2 is 1.90 bits per heavy atom. The number of amides is 2. The second-order valence-electron chi connectivity index (χ2n) is 7.55. The molecule has 3 heterocycles. The summed E-state index contributed by atoms with van der Waals surface area (Å²) >= 11 is 0. The van der Waals surface area contributed by atoms with Gasteiger partial charge in [0.15, 0.2) is 5.54 Å². The number of fused-ring (bicyclic) bond motifs is 5. The summed E-state index contributed by atoms with van der Waals surface area (Å²) < 4.78 is 13.1. The lowest BCUT2D eigenvalue weighted by atomic mass is 9.83. The van der Waals surface area contributed by atoms with Crippen LogP contribution in [0.25, 0.3) is 10.9 Å². The van der Waals surface area contributed by atoms with Crippen molar-refractivity contribution >= 4 is 28.9 Å². The molecule has 2 amide bonds. The number of hydrogen-bond acceptors (Lipinski definition) is 3. The Bertz CT molecular complexity index is 1170. The van der Waals surface area contributed by atoms with Crippen LogP contribution in [-0.2, 0) is 21.5 Å². The highest BCUT2D eigenvalue weighted by Gasteiger charge is 2.54. The first-order valence-corrected chi connectivity index (χ1v) is 9.50. The number of aromatic amines is 1. The lowest BCUT2D eigenvalue weighted by Crippen LogP contribution is -2.65. The van der Waals surface area contributed by atoms with Crippen LogP contribution in [0, 0.1) is 5.82 Å². The Hall–Kier alpha value is -3.48. The summed E-state index contributed by atoms with van der Waals surface area (Å²) in [5, 5.41) is 6.54. The van der Waals surface area contributed by atoms with Gasteiger partial charge in [-0.1, -0.05) is 30.3 Å². The average Bonchev–Trinajstić information content (AvgIpc) is 3.11. The topological polar surface area (TPSA) is 68.8 Å². The third-order valence-electron chi connectivity index (χ3n) is 5.88. The molecule has 2 aliphatic heterocycles. The molecule has 146 valence electrons. The lowest BCUT2D eigenvalue weighted by Gasteiger charge is -2.48. The fraction of sp³-hybridized carbons (Fsp3) is 0.227. The van der Waals surface area contributed by atoms with Crippen LogP contribution in [-0.4, -0.2) is 46.0 Å². The summed E-state index contributed by atoms with van der Waals surface area (Å²) in [7, 11) is 0. The molecule has 0 spiro atoms. The molecule has 0 saturated carbocycles. The summed E-state index contributed by atoms with van der Waals surface area (Å²) in [6.45, 7) is 2.16. The van der Waals surface area contributed by atoms with Crippen molar-refractivity contribution in [1.82, 2.24) is 14.9 Å². The second kappa shape index (κ2) is 6.27. The third kappa shape index (κ3) is 2.57. The highest BCUT2D eigenvalue weighted by Crippen LogP contribution is 2.41. The molecule has 2 aliphatic rings. The first-order valence-electron chi connectivity index (χ1n) is 9.50. The summed E-state index contributed by atoms with van der Waals surface area (Å²) in [6.07, 6.45) is 2.17. The average molecular weight is 390 g/mol. The maximum absolute atomic E-state index is 13.5. The van der Waals surface area contributed by atoms with Gasteiger partial charge in [-0.3, -0.25) is 9.59 Å². The number of H-pyrrole nitrogens is 1. The number of carbonyl (C=O) groups excluding carboxylic acids is 2. The Morgan fingerprint density at radius 3 is 2.69 bits per heavy atom. The minimum Gasteiger partial charge on any atom is -0.356 e. The number of piperazine rings is 1. The molecule has 1 N–H and O–H groups in total. The fourth-order valence-electron chi connectivity index (χ4n) is 4.37. The molecule has 3 aromatic rings. The van der Waals surface area contributed by atoms with Gasteiger partial charge in [0, 0.05) is 17.4 Å². The van der Waals surface area contributed by atoms with Crippen molar-refractivity contribution in [2.75, 3.05) is 13.1 Å². The van der Waals surface area contributed by atoms with E-state index in [0.29, 0.717) is 18.5 Å². The Labute approximate surface area is 166 Å². The van der Waals surface area contributed by atoms with Crippen LogP contribution in [0.3, 0.4) is 0 Å². The molecule has 6 nitrogen and oxygen atoms in total. The fourth-order valence-corrected chi connectivity index (χ4v) is 4.37. The van der Waals surface area contributed by atoms with Crippen molar-refractivity contribution < 1.29 is 14.0 Å². The van der Waals surface area contributed by atoms with Gasteiger partial charge in [-0.15, -0.1) is 0 Å². The van der Waals surface area contributed by atoms with Crippen molar-refractivity contribution in [1.29, 1.82) is 0 Å². The predicted octanol–water partition coefficient (Wildman–Crippen LogP) is 2.78. The van der Waals surface area contributed by atoms with Crippen LogP contribution in [0.1, 0.15) is 23.7 Å². The van der Waals surface area contributed by atoms with Crippen molar-refractivity contribution in [3.05, 3.63) is 71.2 Å². The van der Waals surface area contributed by atoms with Gasteiger partial charge in [-0.05, 0) is 42.7 Å². The zero-order valence-electron chi connectivity index (χ0n) is 15.9. The van der Waals surface area contributed by atoms with Crippen molar-refractivity contribution in [2.24, 2.45) is 5.10 Å². The highest BCUT2D eigenvalue weighted by atomic mass is 19.1. The van der Waals surface area contributed by atoms with Crippen LogP contribution >= 0.6 is 0 Å². The van der Waals surface area contributed by atoms with Crippen molar-refractivity contribution in [2.45, 2.75) is 18.9 Å². The minimum absolute atomic E-state index is 0.109. The van der Waals surface area contributed by atoms with Gasteiger partial charge in [-0.2, -0.15) is 5.10 Å². The molecule has 1 aromatic heterocycles. The van der Waals surface area contributed by atoms with Gasteiger partial charge >= 0.3 is 0 Å². The van der Waals surface area contributed by atoms with Gasteiger partial charge < -0.3 is 9.88 Å². The summed E-state index contributed by atoms with van der Waals surface area (Å²) in [5.41, 5.74) is 2.29. The molecule has 5 rings (SSSR count). The van der Waals surface area contributed by atoms with E-state index in [1.807, 2.05) is 24.3 Å². The quantitative estimate of drug-likeness (QED) is 0.684. The van der Waals surface area contributed by atoms with Gasteiger partial charge in [0.05, 0.1) is 11.9 Å². The number of nitrogens with one attached hydrogen (secondary N) is 1. The number of hydrogen-bond donors (Lipinski definition) is 1. The monoisotopic (exact) mass is 390 g/mol.